The van der Waals surface area contributed by atoms with Crippen molar-refractivity contribution in [3.63, 3.8) is 0 Å². The largest absolute Gasteiger partial charge is 0.300 e. The van der Waals surface area contributed by atoms with Gasteiger partial charge < -0.3 is 5.32 Å². The van der Waals surface area contributed by atoms with Crippen LogP contribution in [0.25, 0.3) is 4.96 Å². The number of aromatic nitrogens is 5. The van der Waals surface area contributed by atoms with Crippen molar-refractivity contribution in [1.82, 2.24) is 24.8 Å². The van der Waals surface area contributed by atoms with E-state index in [2.05, 4.69) is 32.5 Å². The summed E-state index contributed by atoms with van der Waals surface area (Å²) >= 11 is 4.18. The molecule has 26 heavy (non-hydrogen) atoms. The lowest BCUT2D eigenvalue weighted by molar-refractivity contribution is -0.118. The molecule has 0 aromatic carbocycles. The van der Waals surface area contributed by atoms with Gasteiger partial charge in [-0.05, 0) is 6.42 Å². The lowest BCUT2D eigenvalue weighted by Gasteiger charge is -2.02. The summed E-state index contributed by atoms with van der Waals surface area (Å²) < 4.78 is 2.07. The number of hydrogen-bond acceptors (Lipinski definition) is 9. The molecule has 0 spiro atoms. The van der Waals surface area contributed by atoms with E-state index in [1.54, 1.807) is 0 Å². The SMILES string of the molecule is CCCc1nn2c(=O)cc(CSc3nnc(NC(=O)C(C)C)s3)nc2s1. The first-order valence-corrected chi connectivity index (χ1v) is 10.7. The Hall–Kier alpha value is -1.85. The summed E-state index contributed by atoms with van der Waals surface area (Å²) in [6.45, 7) is 5.71. The fourth-order valence-electron chi connectivity index (χ4n) is 1.99. The molecule has 0 saturated carbocycles. The molecule has 3 rings (SSSR count). The summed E-state index contributed by atoms with van der Waals surface area (Å²) in [6.07, 6.45) is 1.82. The number of hydrogen-bond donors (Lipinski definition) is 1. The van der Waals surface area contributed by atoms with Crippen molar-refractivity contribution in [2.24, 2.45) is 5.92 Å². The van der Waals surface area contributed by atoms with E-state index < -0.39 is 0 Å². The van der Waals surface area contributed by atoms with E-state index in [0.29, 0.717) is 25.9 Å². The molecule has 0 atom stereocenters. The first kappa shape index (κ1) is 18.9. The second kappa shape index (κ2) is 8.23. The van der Waals surface area contributed by atoms with Crippen LogP contribution in [0, 0.1) is 5.92 Å². The van der Waals surface area contributed by atoms with E-state index in [1.165, 1.54) is 45.0 Å². The maximum absolute atomic E-state index is 12.2. The van der Waals surface area contributed by atoms with Crippen molar-refractivity contribution in [3.8, 4) is 0 Å². The zero-order valence-corrected chi connectivity index (χ0v) is 17.0. The predicted octanol–water partition coefficient (Wildman–Crippen LogP) is 2.84. The van der Waals surface area contributed by atoms with Gasteiger partial charge in [0.05, 0.1) is 5.69 Å². The smallest absolute Gasteiger partial charge is 0.275 e. The summed E-state index contributed by atoms with van der Waals surface area (Å²) in [5.41, 5.74) is 0.501. The Morgan fingerprint density at radius 1 is 1.35 bits per heavy atom. The molecule has 0 unspecified atom stereocenters. The van der Waals surface area contributed by atoms with Gasteiger partial charge in [-0.1, -0.05) is 55.2 Å². The molecular weight excluding hydrogens is 392 g/mol. The van der Waals surface area contributed by atoms with Crippen LogP contribution in [0.15, 0.2) is 15.2 Å². The van der Waals surface area contributed by atoms with Gasteiger partial charge in [0.15, 0.2) is 4.34 Å². The van der Waals surface area contributed by atoms with Crippen molar-refractivity contribution in [2.45, 2.75) is 43.7 Å². The molecule has 0 aliphatic carbocycles. The highest BCUT2D eigenvalue weighted by Gasteiger charge is 2.13. The summed E-state index contributed by atoms with van der Waals surface area (Å²) in [5.74, 6) is 0.293. The van der Waals surface area contributed by atoms with Crippen molar-refractivity contribution in [3.05, 3.63) is 27.1 Å². The van der Waals surface area contributed by atoms with Crippen LogP contribution < -0.4 is 10.9 Å². The Morgan fingerprint density at radius 3 is 2.88 bits per heavy atom. The molecule has 3 heterocycles. The molecule has 1 N–H and O–H groups in total. The fourth-order valence-corrected chi connectivity index (χ4v) is 4.66. The van der Waals surface area contributed by atoms with E-state index in [4.69, 9.17) is 0 Å². The molecule has 0 radical (unpaired) electrons. The van der Waals surface area contributed by atoms with E-state index in [9.17, 15) is 9.59 Å². The molecule has 11 heteroatoms. The Morgan fingerprint density at radius 2 is 2.15 bits per heavy atom. The number of nitrogens with zero attached hydrogens (tertiary/aromatic N) is 5. The highest BCUT2D eigenvalue weighted by molar-refractivity contribution is 8.00. The van der Waals surface area contributed by atoms with Gasteiger partial charge in [0.25, 0.3) is 5.56 Å². The van der Waals surface area contributed by atoms with Gasteiger partial charge in [0.2, 0.25) is 16.0 Å². The number of thioether (sulfide) groups is 1. The minimum atomic E-state index is -0.175. The maximum Gasteiger partial charge on any atom is 0.275 e. The summed E-state index contributed by atoms with van der Waals surface area (Å²) in [6, 6.07) is 1.50. The third-order valence-corrected chi connectivity index (χ3v) is 6.28. The van der Waals surface area contributed by atoms with Crippen molar-refractivity contribution >= 4 is 50.4 Å². The molecule has 138 valence electrons. The molecule has 0 aliphatic heterocycles. The quantitative estimate of drug-likeness (QED) is 0.472. The topological polar surface area (TPSA) is 102 Å². The van der Waals surface area contributed by atoms with Gasteiger partial charge in [-0.15, -0.1) is 10.2 Å². The molecule has 1 amide bonds. The van der Waals surface area contributed by atoms with Crippen LogP contribution >= 0.6 is 34.4 Å². The Labute approximate surface area is 162 Å². The van der Waals surface area contributed by atoms with E-state index in [1.807, 2.05) is 13.8 Å². The molecule has 0 aliphatic rings. The molecule has 8 nitrogen and oxygen atoms in total. The van der Waals surface area contributed by atoms with Crippen molar-refractivity contribution in [1.29, 1.82) is 0 Å². The highest BCUT2D eigenvalue weighted by Crippen LogP contribution is 2.28. The van der Waals surface area contributed by atoms with Crippen molar-refractivity contribution in [2.75, 3.05) is 5.32 Å². The molecule has 3 aromatic heterocycles. The average Bonchev–Trinajstić information content (AvgIpc) is 3.20. The lowest BCUT2D eigenvalue weighted by atomic mass is 10.2. The maximum atomic E-state index is 12.2. The van der Waals surface area contributed by atoms with E-state index in [0.717, 1.165) is 17.8 Å². The van der Waals surface area contributed by atoms with Gasteiger partial charge in [-0.3, -0.25) is 9.59 Å². The first-order chi connectivity index (χ1) is 12.5. The minimum Gasteiger partial charge on any atom is -0.300 e. The van der Waals surface area contributed by atoms with E-state index >= 15 is 0 Å². The third-order valence-electron chi connectivity index (χ3n) is 3.31. The van der Waals surface area contributed by atoms with Crippen LogP contribution in [0.1, 0.15) is 37.9 Å². The van der Waals surface area contributed by atoms with E-state index in [-0.39, 0.29) is 17.4 Å². The van der Waals surface area contributed by atoms with Gasteiger partial charge >= 0.3 is 0 Å². The van der Waals surface area contributed by atoms with Crippen molar-refractivity contribution < 1.29 is 4.79 Å². The van der Waals surface area contributed by atoms with Crippen LogP contribution in [0.3, 0.4) is 0 Å². The monoisotopic (exact) mass is 410 g/mol. The summed E-state index contributed by atoms with van der Waals surface area (Å²) in [5, 5.41) is 16.4. The van der Waals surface area contributed by atoms with Gasteiger partial charge in [-0.2, -0.15) is 9.61 Å². The predicted molar refractivity (Wildman–Crippen MR) is 104 cm³/mol. The Balaban J connectivity index is 1.69. The number of anilines is 1. The normalized spacial score (nSPS) is 11.4. The zero-order valence-electron chi connectivity index (χ0n) is 14.6. The van der Waals surface area contributed by atoms with Gasteiger partial charge in [0, 0.05) is 24.2 Å². The number of aryl methyl sites for hydroxylation is 1. The van der Waals surface area contributed by atoms with Gasteiger partial charge in [0.1, 0.15) is 5.01 Å². The number of nitrogens with one attached hydrogen (secondary N) is 1. The molecule has 3 aromatic rings. The number of fused-ring (bicyclic) bond motifs is 1. The second-order valence-electron chi connectivity index (χ2n) is 5.83. The highest BCUT2D eigenvalue weighted by atomic mass is 32.2. The Kier molecular flexibility index (Phi) is 5.99. The van der Waals surface area contributed by atoms with Crippen LogP contribution in [0.5, 0.6) is 0 Å². The third kappa shape index (κ3) is 4.46. The zero-order chi connectivity index (χ0) is 18.7. The van der Waals surface area contributed by atoms with Crippen LogP contribution in [0.4, 0.5) is 5.13 Å². The fraction of sp³-hybridized carbons (Fsp3) is 0.467. The van der Waals surface area contributed by atoms with Crippen LogP contribution in [0.2, 0.25) is 0 Å². The number of rotatable bonds is 7. The minimum absolute atomic E-state index is 0.0917. The molecule has 0 fully saturated rings. The first-order valence-electron chi connectivity index (χ1n) is 8.12. The molecule has 0 bridgehead atoms. The number of amides is 1. The van der Waals surface area contributed by atoms with Crippen LogP contribution in [-0.2, 0) is 17.0 Å². The summed E-state index contributed by atoms with van der Waals surface area (Å²) in [4.78, 5) is 29.0. The Bertz CT molecular complexity index is 977. The van der Waals surface area contributed by atoms with Crippen LogP contribution in [-0.4, -0.2) is 30.7 Å². The molecule has 0 saturated heterocycles. The molecular formula is C15H18N6O2S3. The second-order valence-corrected chi connectivity index (χ2v) is 9.07. The lowest BCUT2D eigenvalue weighted by Crippen LogP contribution is -2.17. The number of carbonyl (C=O) groups excluding carboxylic acids is 1. The standard InChI is InChI=1S/C15H18N6O2S3/c1-4-5-10-20-21-11(22)6-9(16-14(21)25-10)7-24-15-19-18-13(26-15)17-12(23)8(2)3/h6,8H,4-5,7H2,1-3H3,(H,17,18,23). The van der Waals surface area contributed by atoms with Gasteiger partial charge in [-0.25, -0.2) is 4.98 Å². The number of carbonyl (C=O) groups is 1. The summed E-state index contributed by atoms with van der Waals surface area (Å²) in [7, 11) is 0. The average molecular weight is 411 g/mol.